The Hall–Kier alpha value is -1.20. The zero-order chi connectivity index (χ0) is 13.0. The van der Waals surface area contributed by atoms with Crippen molar-refractivity contribution in [2.24, 2.45) is 5.73 Å². The van der Waals surface area contributed by atoms with Gasteiger partial charge in [0.1, 0.15) is 0 Å². The van der Waals surface area contributed by atoms with E-state index < -0.39 is 0 Å². The predicted octanol–water partition coefficient (Wildman–Crippen LogP) is 0.856. The van der Waals surface area contributed by atoms with Crippen molar-refractivity contribution < 1.29 is 0 Å². The summed E-state index contributed by atoms with van der Waals surface area (Å²) in [6.45, 7) is 9.24. The van der Waals surface area contributed by atoms with E-state index in [1.54, 1.807) is 0 Å². The smallest absolute Gasteiger partial charge is 0.225 e. The molecule has 5 nitrogen and oxygen atoms in total. The fourth-order valence-electron chi connectivity index (χ4n) is 2.24. The Morgan fingerprint density at radius 3 is 2.33 bits per heavy atom. The molecular weight excluding hydrogens is 226 g/mol. The number of hydrogen-bond donors (Lipinski definition) is 1. The van der Waals surface area contributed by atoms with Crippen LogP contribution in [0.3, 0.4) is 0 Å². The van der Waals surface area contributed by atoms with E-state index >= 15 is 0 Å². The average molecular weight is 249 g/mol. The van der Waals surface area contributed by atoms with Crippen molar-refractivity contribution in [3.63, 3.8) is 0 Å². The first kappa shape index (κ1) is 13.2. The number of anilines is 1. The van der Waals surface area contributed by atoms with Crippen molar-refractivity contribution in [2.45, 2.75) is 32.9 Å². The van der Waals surface area contributed by atoms with Crippen LogP contribution in [0.5, 0.6) is 0 Å². The highest BCUT2D eigenvalue weighted by molar-refractivity contribution is 5.30. The van der Waals surface area contributed by atoms with Crippen LogP contribution in [-0.2, 0) is 6.54 Å². The van der Waals surface area contributed by atoms with E-state index in [0.717, 1.165) is 37.7 Å². The summed E-state index contributed by atoms with van der Waals surface area (Å²) in [6.07, 6.45) is 4.86. The van der Waals surface area contributed by atoms with Gasteiger partial charge in [-0.1, -0.05) is 6.92 Å². The molecule has 1 fully saturated rings. The summed E-state index contributed by atoms with van der Waals surface area (Å²) in [4.78, 5) is 13.5. The molecule has 0 spiro atoms. The lowest BCUT2D eigenvalue weighted by Crippen LogP contribution is -2.49. The van der Waals surface area contributed by atoms with Crippen LogP contribution in [-0.4, -0.2) is 47.1 Å². The number of rotatable bonds is 4. The van der Waals surface area contributed by atoms with E-state index in [1.165, 1.54) is 6.42 Å². The molecule has 1 aliphatic rings. The number of nitrogens with two attached hydrogens (primary N) is 1. The summed E-state index contributed by atoms with van der Waals surface area (Å²) in [5.41, 5.74) is 6.53. The second-order valence-electron chi connectivity index (χ2n) is 4.88. The van der Waals surface area contributed by atoms with Crippen LogP contribution in [0.2, 0.25) is 0 Å². The lowest BCUT2D eigenvalue weighted by Gasteiger charge is -2.37. The van der Waals surface area contributed by atoms with Gasteiger partial charge in [-0.25, -0.2) is 9.97 Å². The molecule has 2 N–H and O–H groups in total. The van der Waals surface area contributed by atoms with Gasteiger partial charge in [-0.2, -0.15) is 0 Å². The molecule has 1 unspecified atom stereocenters. The summed E-state index contributed by atoms with van der Waals surface area (Å²) in [6, 6.07) is 0.674. The normalized spacial score (nSPS) is 18.9. The minimum atomic E-state index is 0.502. The van der Waals surface area contributed by atoms with Gasteiger partial charge in [0.05, 0.1) is 0 Å². The second kappa shape index (κ2) is 6.11. The highest BCUT2D eigenvalue weighted by Gasteiger charge is 2.21. The van der Waals surface area contributed by atoms with Gasteiger partial charge < -0.3 is 10.6 Å². The molecule has 0 amide bonds. The van der Waals surface area contributed by atoms with E-state index in [0.29, 0.717) is 12.6 Å². The van der Waals surface area contributed by atoms with Gasteiger partial charge in [-0.3, -0.25) is 4.90 Å². The van der Waals surface area contributed by atoms with Crippen molar-refractivity contribution in [2.75, 3.05) is 31.1 Å². The zero-order valence-corrected chi connectivity index (χ0v) is 11.3. The maximum Gasteiger partial charge on any atom is 0.225 e. The molecule has 1 aromatic rings. The molecule has 1 aliphatic heterocycles. The van der Waals surface area contributed by atoms with Gasteiger partial charge in [-0.15, -0.1) is 0 Å². The third-order valence-electron chi connectivity index (χ3n) is 3.74. The molecule has 100 valence electrons. The first-order valence-corrected chi connectivity index (χ1v) is 6.74. The monoisotopic (exact) mass is 249 g/mol. The van der Waals surface area contributed by atoms with Crippen LogP contribution in [0.25, 0.3) is 0 Å². The topological polar surface area (TPSA) is 58.3 Å². The minimum Gasteiger partial charge on any atom is -0.338 e. The molecule has 5 heteroatoms. The molecule has 0 aromatic carbocycles. The second-order valence-corrected chi connectivity index (χ2v) is 4.88. The quantitative estimate of drug-likeness (QED) is 0.857. The van der Waals surface area contributed by atoms with E-state index in [2.05, 4.69) is 33.6 Å². The van der Waals surface area contributed by atoms with Gasteiger partial charge in [0.15, 0.2) is 0 Å². The number of piperazine rings is 1. The van der Waals surface area contributed by atoms with E-state index in [9.17, 15) is 0 Å². The highest BCUT2D eigenvalue weighted by Crippen LogP contribution is 2.13. The molecule has 18 heavy (non-hydrogen) atoms. The maximum absolute atomic E-state index is 5.54. The molecule has 1 atom stereocenters. The van der Waals surface area contributed by atoms with Crippen molar-refractivity contribution in [3.8, 4) is 0 Å². The third kappa shape index (κ3) is 2.97. The SMILES string of the molecule is CCC(C)N1CCN(c2ncc(CN)cn2)CC1. The lowest BCUT2D eigenvalue weighted by molar-refractivity contribution is 0.192. The molecule has 0 aliphatic carbocycles. The van der Waals surface area contributed by atoms with Gasteiger partial charge in [-0.05, 0) is 13.3 Å². The highest BCUT2D eigenvalue weighted by atomic mass is 15.3. The molecule has 0 saturated carbocycles. The molecule has 2 rings (SSSR count). The average Bonchev–Trinajstić information content (AvgIpc) is 2.47. The van der Waals surface area contributed by atoms with Crippen LogP contribution in [0.15, 0.2) is 12.4 Å². The van der Waals surface area contributed by atoms with Gasteiger partial charge in [0.25, 0.3) is 0 Å². The van der Waals surface area contributed by atoms with Crippen LogP contribution in [0, 0.1) is 0 Å². The Morgan fingerprint density at radius 2 is 1.83 bits per heavy atom. The molecule has 1 aromatic heterocycles. The van der Waals surface area contributed by atoms with Crippen LogP contribution in [0.1, 0.15) is 25.8 Å². The summed E-state index contributed by atoms with van der Waals surface area (Å²) >= 11 is 0. The van der Waals surface area contributed by atoms with Gasteiger partial charge >= 0.3 is 0 Å². The minimum absolute atomic E-state index is 0.502. The Balaban J connectivity index is 1.92. The lowest BCUT2D eigenvalue weighted by atomic mass is 10.2. The largest absolute Gasteiger partial charge is 0.338 e. The molecule has 1 saturated heterocycles. The Morgan fingerprint density at radius 1 is 1.22 bits per heavy atom. The van der Waals surface area contributed by atoms with Crippen molar-refractivity contribution in [1.29, 1.82) is 0 Å². The molecule has 0 radical (unpaired) electrons. The first-order valence-electron chi connectivity index (χ1n) is 6.74. The van der Waals surface area contributed by atoms with Gasteiger partial charge in [0.2, 0.25) is 5.95 Å². The number of nitrogens with zero attached hydrogens (tertiary/aromatic N) is 4. The summed E-state index contributed by atoms with van der Waals surface area (Å²) in [7, 11) is 0. The predicted molar refractivity (Wildman–Crippen MR) is 73.5 cm³/mol. The van der Waals surface area contributed by atoms with Crippen LogP contribution < -0.4 is 10.6 Å². The maximum atomic E-state index is 5.54. The summed E-state index contributed by atoms with van der Waals surface area (Å²) < 4.78 is 0. The van der Waals surface area contributed by atoms with E-state index in [-0.39, 0.29) is 0 Å². The van der Waals surface area contributed by atoms with Gasteiger partial charge in [0, 0.05) is 56.7 Å². The Bertz CT molecular complexity index is 356. The Kier molecular flexibility index (Phi) is 4.49. The fraction of sp³-hybridized carbons (Fsp3) is 0.692. The zero-order valence-electron chi connectivity index (χ0n) is 11.3. The summed E-state index contributed by atoms with van der Waals surface area (Å²) in [5, 5.41) is 0. The van der Waals surface area contributed by atoms with Crippen molar-refractivity contribution in [3.05, 3.63) is 18.0 Å². The third-order valence-corrected chi connectivity index (χ3v) is 3.74. The molecule has 2 heterocycles. The van der Waals surface area contributed by atoms with Crippen LogP contribution in [0.4, 0.5) is 5.95 Å². The number of hydrogen-bond acceptors (Lipinski definition) is 5. The molecule has 0 bridgehead atoms. The molecular formula is C13H23N5. The van der Waals surface area contributed by atoms with E-state index in [4.69, 9.17) is 5.73 Å². The summed E-state index contributed by atoms with van der Waals surface area (Å²) in [5.74, 6) is 0.830. The fourth-order valence-corrected chi connectivity index (χ4v) is 2.24. The standard InChI is InChI=1S/C13H23N5/c1-3-11(2)17-4-6-18(7-5-17)13-15-9-12(8-14)10-16-13/h9-11H,3-8,14H2,1-2H3. The first-order chi connectivity index (χ1) is 8.74. The number of aromatic nitrogens is 2. The van der Waals surface area contributed by atoms with E-state index in [1.807, 2.05) is 12.4 Å². The Labute approximate surface area is 109 Å². The van der Waals surface area contributed by atoms with Crippen molar-refractivity contribution in [1.82, 2.24) is 14.9 Å². The van der Waals surface area contributed by atoms with Crippen LogP contribution >= 0.6 is 0 Å². The van der Waals surface area contributed by atoms with Crippen molar-refractivity contribution >= 4 is 5.95 Å².